The quantitative estimate of drug-likeness (QED) is 0.490. The zero-order valence-electron chi connectivity index (χ0n) is 15.0. The van der Waals surface area contributed by atoms with Crippen molar-refractivity contribution in [2.75, 3.05) is 13.2 Å². The second kappa shape index (κ2) is 8.95. The fraction of sp³-hybridized carbons (Fsp3) is 0.444. The molecule has 0 bridgehead atoms. The zero-order valence-corrected chi connectivity index (χ0v) is 15.8. The molecule has 9 nitrogen and oxygen atoms in total. The van der Waals surface area contributed by atoms with E-state index >= 15 is 0 Å². The first-order valence-corrected chi connectivity index (χ1v) is 9.52. The number of hydrogen-bond acceptors (Lipinski definition) is 10. The third kappa shape index (κ3) is 4.32. The van der Waals surface area contributed by atoms with E-state index in [9.17, 15) is 25.2 Å². The lowest BCUT2D eigenvalue weighted by molar-refractivity contribution is -0.277. The van der Waals surface area contributed by atoms with Gasteiger partial charge in [0, 0.05) is 10.9 Å². The summed E-state index contributed by atoms with van der Waals surface area (Å²) in [6, 6.07) is 6.72. The minimum absolute atomic E-state index is 0.210. The van der Waals surface area contributed by atoms with E-state index in [-0.39, 0.29) is 12.3 Å². The average Bonchev–Trinajstić information content (AvgIpc) is 3.19. The number of aromatic nitrogens is 1. The van der Waals surface area contributed by atoms with E-state index in [0.29, 0.717) is 16.3 Å². The second-order valence-electron chi connectivity index (χ2n) is 6.10. The summed E-state index contributed by atoms with van der Waals surface area (Å²) in [6.07, 6.45) is -6.82. The standard InChI is InChI=1S/C18H21NO8S/c1-2-25-17(24)11-8-28-16(19-11)9-4-3-5-10(6-9)26-18-15(23)14(22)13(21)12(7-20)27-18/h3-6,8,12-15,18,20-23H,2,7H2,1H3/t12-,13-,14+,15-,18-/m1/s1. The van der Waals surface area contributed by atoms with Crippen LogP contribution in [0.25, 0.3) is 10.6 Å². The minimum atomic E-state index is -1.52. The molecule has 1 fully saturated rings. The smallest absolute Gasteiger partial charge is 0.357 e. The fourth-order valence-electron chi connectivity index (χ4n) is 2.71. The van der Waals surface area contributed by atoms with Crippen molar-refractivity contribution < 1.29 is 39.4 Å². The molecular weight excluding hydrogens is 390 g/mol. The summed E-state index contributed by atoms with van der Waals surface area (Å²) in [5.41, 5.74) is 0.879. The third-order valence-corrected chi connectivity index (χ3v) is 5.06. The van der Waals surface area contributed by atoms with Crippen molar-refractivity contribution in [1.29, 1.82) is 0 Å². The highest BCUT2D eigenvalue weighted by Crippen LogP contribution is 2.29. The van der Waals surface area contributed by atoms with Gasteiger partial charge in [0.05, 0.1) is 13.2 Å². The van der Waals surface area contributed by atoms with Crippen LogP contribution >= 0.6 is 11.3 Å². The van der Waals surface area contributed by atoms with Crippen LogP contribution in [-0.4, -0.2) is 75.3 Å². The lowest BCUT2D eigenvalue weighted by Crippen LogP contribution is -2.60. The van der Waals surface area contributed by atoms with Gasteiger partial charge in [-0.05, 0) is 19.1 Å². The van der Waals surface area contributed by atoms with E-state index in [1.807, 2.05) is 0 Å². The summed E-state index contributed by atoms with van der Waals surface area (Å²) in [5.74, 6) is -0.187. The molecule has 1 saturated heterocycles. The monoisotopic (exact) mass is 411 g/mol. The van der Waals surface area contributed by atoms with E-state index in [4.69, 9.17) is 14.2 Å². The first-order valence-electron chi connectivity index (χ1n) is 8.64. The van der Waals surface area contributed by atoms with Crippen molar-refractivity contribution in [2.24, 2.45) is 0 Å². The Morgan fingerprint density at radius 3 is 2.75 bits per heavy atom. The number of nitrogens with zero attached hydrogens (tertiary/aromatic N) is 1. The van der Waals surface area contributed by atoms with Crippen LogP contribution < -0.4 is 4.74 Å². The van der Waals surface area contributed by atoms with Crippen molar-refractivity contribution in [3.05, 3.63) is 35.3 Å². The van der Waals surface area contributed by atoms with Crippen LogP contribution in [0.15, 0.2) is 29.6 Å². The van der Waals surface area contributed by atoms with Crippen molar-refractivity contribution in [1.82, 2.24) is 4.98 Å². The first-order chi connectivity index (χ1) is 13.4. The molecule has 3 rings (SSSR count). The Morgan fingerprint density at radius 2 is 2.04 bits per heavy atom. The highest BCUT2D eigenvalue weighted by Gasteiger charge is 2.44. The molecule has 4 N–H and O–H groups in total. The molecule has 1 aliphatic rings. The van der Waals surface area contributed by atoms with Crippen molar-refractivity contribution in [3.8, 4) is 16.3 Å². The predicted molar refractivity (Wildman–Crippen MR) is 97.9 cm³/mol. The van der Waals surface area contributed by atoms with Gasteiger partial charge in [0.2, 0.25) is 6.29 Å². The Balaban J connectivity index is 1.76. The molecule has 2 heterocycles. The molecule has 1 aromatic heterocycles. The number of rotatable bonds is 6. The summed E-state index contributed by atoms with van der Waals surface area (Å²) in [4.78, 5) is 16.0. The van der Waals surface area contributed by atoms with Gasteiger partial charge in [0.1, 0.15) is 35.2 Å². The van der Waals surface area contributed by atoms with Crippen LogP contribution in [0.1, 0.15) is 17.4 Å². The lowest BCUT2D eigenvalue weighted by atomic mass is 9.99. The summed E-state index contributed by atoms with van der Waals surface area (Å²) in [7, 11) is 0. The van der Waals surface area contributed by atoms with Gasteiger partial charge in [0.15, 0.2) is 5.69 Å². The van der Waals surface area contributed by atoms with Gasteiger partial charge in [-0.1, -0.05) is 12.1 Å². The van der Waals surface area contributed by atoms with Crippen molar-refractivity contribution >= 4 is 17.3 Å². The van der Waals surface area contributed by atoms with Crippen LogP contribution in [0.2, 0.25) is 0 Å². The molecule has 10 heteroatoms. The van der Waals surface area contributed by atoms with E-state index in [0.717, 1.165) is 0 Å². The van der Waals surface area contributed by atoms with E-state index in [1.54, 1.807) is 36.6 Å². The van der Waals surface area contributed by atoms with Gasteiger partial charge in [-0.15, -0.1) is 11.3 Å². The molecule has 1 aromatic carbocycles. The highest BCUT2D eigenvalue weighted by molar-refractivity contribution is 7.13. The van der Waals surface area contributed by atoms with Crippen molar-refractivity contribution in [3.63, 3.8) is 0 Å². The van der Waals surface area contributed by atoms with E-state index in [1.165, 1.54) is 11.3 Å². The molecule has 0 amide bonds. The van der Waals surface area contributed by atoms with Crippen molar-refractivity contribution in [2.45, 2.75) is 37.6 Å². The maximum Gasteiger partial charge on any atom is 0.357 e. The minimum Gasteiger partial charge on any atom is -0.462 e. The number of ether oxygens (including phenoxy) is 3. The number of esters is 1. The van der Waals surface area contributed by atoms with Gasteiger partial charge in [0.25, 0.3) is 0 Å². The number of carbonyl (C=O) groups is 1. The number of thiazole rings is 1. The summed E-state index contributed by atoms with van der Waals surface area (Å²) in [6.45, 7) is 1.43. The SMILES string of the molecule is CCOC(=O)c1csc(-c2cccc(O[C@@H]3O[C@H](CO)[C@@H](O)[C@H](O)[C@H]3O)c2)n1. The molecule has 0 saturated carbocycles. The van der Waals surface area contributed by atoms with Gasteiger partial charge in [-0.3, -0.25) is 0 Å². The predicted octanol–water partition coefficient (Wildman–Crippen LogP) is 0.165. The lowest BCUT2D eigenvalue weighted by Gasteiger charge is -2.39. The molecule has 2 aromatic rings. The number of aliphatic hydroxyl groups is 4. The van der Waals surface area contributed by atoms with Crippen LogP contribution in [0.4, 0.5) is 0 Å². The van der Waals surface area contributed by atoms with E-state index < -0.39 is 43.3 Å². The maximum absolute atomic E-state index is 11.8. The number of benzene rings is 1. The molecule has 5 atom stereocenters. The molecule has 0 unspecified atom stereocenters. The summed E-state index contributed by atoms with van der Waals surface area (Å²) in [5, 5.41) is 41.2. The number of aliphatic hydroxyl groups excluding tert-OH is 4. The zero-order chi connectivity index (χ0) is 20.3. The van der Waals surface area contributed by atoms with Gasteiger partial charge >= 0.3 is 5.97 Å². The van der Waals surface area contributed by atoms with Gasteiger partial charge < -0.3 is 34.6 Å². The van der Waals surface area contributed by atoms with Crippen LogP contribution in [0, 0.1) is 0 Å². The largest absolute Gasteiger partial charge is 0.462 e. The van der Waals surface area contributed by atoms with Gasteiger partial charge in [-0.2, -0.15) is 0 Å². The van der Waals surface area contributed by atoms with Crippen LogP contribution in [0.3, 0.4) is 0 Å². The number of hydrogen-bond donors (Lipinski definition) is 4. The Labute approximate surface area is 164 Å². The number of carbonyl (C=O) groups excluding carboxylic acids is 1. The third-order valence-electron chi connectivity index (χ3n) is 4.17. The Hall–Kier alpha value is -2.08. The molecule has 1 aliphatic heterocycles. The molecule has 0 spiro atoms. The topological polar surface area (TPSA) is 139 Å². The Bertz CT molecular complexity index is 810. The summed E-state index contributed by atoms with van der Waals surface area (Å²) < 4.78 is 15.9. The highest BCUT2D eigenvalue weighted by atomic mass is 32.1. The Kier molecular flexibility index (Phi) is 6.60. The molecule has 152 valence electrons. The maximum atomic E-state index is 11.8. The van der Waals surface area contributed by atoms with E-state index in [2.05, 4.69) is 4.98 Å². The first kappa shape index (κ1) is 20.6. The molecule has 28 heavy (non-hydrogen) atoms. The Morgan fingerprint density at radius 1 is 1.25 bits per heavy atom. The van der Waals surface area contributed by atoms with Crippen LogP contribution in [0.5, 0.6) is 5.75 Å². The second-order valence-corrected chi connectivity index (χ2v) is 6.96. The van der Waals surface area contributed by atoms with Crippen LogP contribution in [-0.2, 0) is 9.47 Å². The van der Waals surface area contributed by atoms with Gasteiger partial charge in [-0.25, -0.2) is 9.78 Å². The molecule has 0 radical (unpaired) electrons. The molecular formula is C18H21NO8S. The normalized spacial score (nSPS) is 27.4. The molecule has 0 aliphatic carbocycles. The summed E-state index contributed by atoms with van der Waals surface area (Å²) >= 11 is 1.26. The average molecular weight is 411 g/mol. The fourth-order valence-corrected chi connectivity index (χ4v) is 3.49.